The molecule has 3 rings (SSSR count). The maximum absolute atomic E-state index is 13.3. The topological polar surface area (TPSA) is 49.3 Å². The lowest BCUT2D eigenvalue weighted by atomic mass is 10.1. The van der Waals surface area contributed by atoms with E-state index in [0.717, 1.165) is 39.0 Å². The molecule has 0 aliphatic heterocycles. The van der Waals surface area contributed by atoms with Gasteiger partial charge in [-0.15, -0.1) is 23.7 Å². The minimum absolute atomic E-state index is 0. The number of aryl methyl sites for hydroxylation is 4. The Morgan fingerprint density at radius 2 is 1.75 bits per heavy atom. The highest BCUT2D eigenvalue weighted by Crippen LogP contribution is 2.33. The Labute approximate surface area is 180 Å². The summed E-state index contributed by atoms with van der Waals surface area (Å²) in [4.78, 5) is 27.3. The van der Waals surface area contributed by atoms with Gasteiger partial charge in [-0.2, -0.15) is 0 Å². The van der Waals surface area contributed by atoms with Gasteiger partial charge < -0.3 is 4.90 Å². The smallest absolute Gasteiger partial charge is 0.272 e. The Hall–Kier alpha value is -1.54. The van der Waals surface area contributed by atoms with E-state index in [0.29, 0.717) is 11.4 Å². The first-order chi connectivity index (χ1) is 12.8. The molecule has 2 aromatic heterocycles. The van der Waals surface area contributed by atoms with E-state index in [1.165, 1.54) is 22.5 Å². The normalized spacial score (nSPS) is 11.1. The van der Waals surface area contributed by atoms with Gasteiger partial charge in [-0.1, -0.05) is 17.4 Å². The fourth-order valence-electron chi connectivity index (χ4n) is 3.01. The average Bonchev–Trinajstić information content (AvgIpc) is 3.17. The van der Waals surface area contributed by atoms with Crippen LogP contribution in [-0.4, -0.2) is 48.0 Å². The van der Waals surface area contributed by atoms with Crippen LogP contribution >= 0.6 is 35.1 Å². The van der Waals surface area contributed by atoms with Crippen LogP contribution in [0, 0.1) is 27.7 Å². The summed E-state index contributed by atoms with van der Waals surface area (Å²) in [5, 5.41) is 1.69. The number of anilines is 1. The summed E-state index contributed by atoms with van der Waals surface area (Å²) in [6.45, 7) is 9.60. The molecule has 28 heavy (non-hydrogen) atoms. The lowest BCUT2D eigenvalue weighted by Crippen LogP contribution is -2.33. The van der Waals surface area contributed by atoms with Crippen molar-refractivity contribution in [1.82, 2.24) is 14.9 Å². The molecule has 0 N–H and O–H groups in total. The first kappa shape index (κ1) is 22.7. The monoisotopic (exact) mass is 438 g/mol. The van der Waals surface area contributed by atoms with Crippen LogP contribution in [0.5, 0.6) is 0 Å². The number of nitrogens with zero attached hydrogens (tertiary/aromatic N) is 4. The zero-order valence-electron chi connectivity index (χ0n) is 17.2. The molecule has 2 heterocycles. The Bertz CT molecular complexity index is 980. The highest BCUT2D eigenvalue weighted by Gasteiger charge is 2.25. The zero-order chi connectivity index (χ0) is 19.7. The lowest BCUT2D eigenvalue weighted by molar-refractivity contribution is 0.0989. The molecule has 0 bridgehead atoms. The molecule has 0 saturated carbocycles. The molecule has 0 aliphatic carbocycles. The molecule has 3 aromatic rings. The van der Waals surface area contributed by atoms with E-state index in [1.54, 1.807) is 11.3 Å². The summed E-state index contributed by atoms with van der Waals surface area (Å²) in [5.74, 6) is 0.00490. The average molecular weight is 439 g/mol. The Balaban J connectivity index is 0.00000280. The van der Waals surface area contributed by atoms with E-state index in [2.05, 4.69) is 35.9 Å². The number of rotatable bonds is 6. The minimum atomic E-state index is 0. The Morgan fingerprint density at radius 3 is 2.36 bits per heavy atom. The van der Waals surface area contributed by atoms with Gasteiger partial charge in [0.25, 0.3) is 5.91 Å². The number of amides is 1. The third kappa shape index (κ3) is 4.71. The largest absolute Gasteiger partial charge is 0.309 e. The van der Waals surface area contributed by atoms with E-state index < -0.39 is 0 Å². The van der Waals surface area contributed by atoms with Crippen LogP contribution in [0.1, 0.15) is 37.9 Å². The molecule has 8 heteroatoms. The standard InChI is InChI=1S/C20H26N4OS2.ClH/c1-12-8-9-16-17(13(12)2)22-20(27-16)24(11-7-10-23(5)6)19(25)18-14(3)21-15(4)26-18;/h8-9H,7,10-11H2,1-6H3;1H. The summed E-state index contributed by atoms with van der Waals surface area (Å²) in [6.07, 6.45) is 0.892. The van der Waals surface area contributed by atoms with Gasteiger partial charge in [-0.3, -0.25) is 9.69 Å². The lowest BCUT2D eigenvalue weighted by Gasteiger charge is -2.20. The fourth-order valence-corrected chi connectivity index (χ4v) is 4.93. The van der Waals surface area contributed by atoms with E-state index in [1.807, 2.05) is 32.8 Å². The van der Waals surface area contributed by atoms with Crippen molar-refractivity contribution in [2.45, 2.75) is 34.1 Å². The van der Waals surface area contributed by atoms with Gasteiger partial charge in [-0.25, -0.2) is 9.97 Å². The van der Waals surface area contributed by atoms with Crippen molar-refractivity contribution in [2.24, 2.45) is 0 Å². The van der Waals surface area contributed by atoms with Gasteiger partial charge in [0.1, 0.15) is 4.88 Å². The van der Waals surface area contributed by atoms with Crippen molar-refractivity contribution in [3.05, 3.63) is 38.8 Å². The molecular formula is C20H27ClN4OS2. The van der Waals surface area contributed by atoms with Crippen molar-refractivity contribution in [1.29, 1.82) is 0 Å². The number of hydrogen-bond donors (Lipinski definition) is 0. The molecule has 0 radical (unpaired) electrons. The predicted molar refractivity (Wildman–Crippen MR) is 123 cm³/mol. The molecule has 0 saturated heterocycles. The van der Waals surface area contributed by atoms with E-state index in [9.17, 15) is 4.79 Å². The summed E-state index contributed by atoms with van der Waals surface area (Å²) in [5.41, 5.74) is 4.20. The second-order valence-corrected chi connectivity index (χ2v) is 9.32. The predicted octanol–water partition coefficient (Wildman–Crippen LogP) is 5.01. The molecule has 0 spiro atoms. The van der Waals surface area contributed by atoms with E-state index in [4.69, 9.17) is 4.98 Å². The van der Waals surface area contributed by atoms with E-state index in [-0.39, 0.29) is 18.3 Å². The minimum Gasteiger partial charge on any atom is -0.309 e. The van der Waals surface area contributed by atoms with Crippen molar-refractivity contribution >= 4 is 56.3 Å². The number of carbonyl (C=O) groups excluding carboxylic acids is 1. The summed E-state index contributed by atoms with van der Waals surface area (Å²) >= 11 is 3.05. The third-order valence-electron chi connectivity index (χ3n) is 4.63. The van der Waals surface area contributed by atoms with Crippen molar-refractivity contribution in [2.75, 3.05) is 32.1 Å². The van der Waals surface area contributed by atoms with Crippen LogP contribution in [0.4, 0.5) is 5.13 Å². The molecule has 5 nitrogen and oxygen atoms in total. The second kappa shape index (κ2) is 9.31. The molecule has 0 aliphatic rings. The van der Waals surface area contributed by atoms with Crippen LogP contribution < -0.4 is 4.90 Å². The van der Waals surface area contributed by atoms with Crippen LogP contribution in [0.3, 0.4) is 0 Å². The van der Waals surface area contributed by atoms with Gasteiger partial charge >= 0.3 is 0 Å². The van der Waals surface area contributed by atoms with Crippen molar-refractivity contribution < 1.29 is 4.79 Å². The van der Waals surface area contributed by atoms with Gasteiger partial charge in [0.2, 0.25) is 0 Å². The number of benzene rings is 1. The maximum Gasteiger partial charge on any atom is 0.272 e. The molecule has 0 fully saturated rings. The number of fused-ring (bicyclic) bond motifs is 1. The van der Waals surface area contributed by atoms with Crippen LogP contribution in [-0.2, 0) is 0 Å². The first-order valence-electron chi connectivity index (χ1n) is 9.05. The fraction of sp³-hybridized carbons (Fsp3) is 0.450. The van der Waals surface area contributed by atoms with Gasteiger partial charge in [0.05, 0.1) is 20.9 Å². The number of aromatic nitrogens is 2. The molecule has 1 amide bonds. The molecule has 0 unspecified atom stereocenters. The number of hydrogen-bond acceptors (Lipinski definition) is 6. The number of halogens is 1. The van der Waals surface area contributed by atoms with Gasteiger partial charge in [0.15, 0.2) is 5.13 Å². The van der Waals surface area contributed by atoms with Gasteiger partial charge in [0, 0.05) is 6.54 Å². The molecule has 1 aromatic carbocycles. The first-order valence-corrected chi connectivity index (χ1v) is 10.7. The number of thiazole rings is 2. The van der Waals surface area contributed by atoms with Crippen LogP contribution in [0.25, 0.3) is 10.2 Å². The quantitative estimate of drug-likeness (QED) is 0.543. The van der Waals surface area contributed by atoms with Crippen molar-refractivity contribution in [3.63, 3.8) is 0 Å². The molecule has 152 valence electrons. The highest BCUT2D eigenvalue weighted by molar-refractivity contribution is 7.22. The summed E-state index contributed by atoms with van der Waals surface area (Å²) < 4.78 is 1.12. The Kier molecular flexibility index (Phi) is 7.56. The molecular weight excluding hydrogens is 412 g/mol. The Morgan fingerprint density at radius 1 is 1.04 bits per heavy atom. The maximum atomic E-state index is 13.3. The van der Waals surface area contributed by atoms with Crippen LogP contribution in [0.15, 0.2) is 12.1 Å². The summed E-state index contributed by atoms with van der Waals surface area (Å²) in [7, 11) is 4.10. The van der Waals surface area contributed by atoms with E-state index >= 15 is 0 Å². The van der Waals surface area contributed by atoms with Crippen molar-refractivity contribution in [3.8, 4) is 0 Å². The van der Waals surface area contributed by atoms with Crippen LogP contribution in [0.2, 0.25) is 0 Å². The SMILES string of the molecule is Cc1nc(C)c(C(=O)N(CCCN(C)C)c2nc3c(C)c(C)ccc3s2)s1.Cl. The molecule has 0 atom stereocenters. The highest BCUT2D eigenvalue weighted by atomic mass is 35.5. The van der Waals surface area contributed by atoms with Gasteiger partial charge in [-0.05, 0) is 71.9 Å². The third-order valence-corrected chi connectivity index (χ3v) is 6.74. The number of carbonyl (C=O) groups is 1. The summed E-state index contributed by atoms with van der Waals surface area (Å²) in [6, 6.07) is 4.22. The second-order valence-electron chi connectivity index (χ2n) is 7.11. The zero-order valence-corrected chi connectivity index (χ0v) is 19.6.